The first kappa shape index (κ1) is 37.0. The SMILES string of the molecule is C=C(/C=C(\NC/C=C(\CC)CNCC(=O)C1CCCCC(N)CC1)C(=NCNC)/C(CCC(C)C)=C(\C)CC)CC. The molecule has 1 saturated carbocycles. The standard InChI is InChI=1S/C35H63N5O/c1-9-27(6)22-33(35(40-25-37-8)32(28(7)10-2)19-16-26(4)5)39-21-20-29(11-3)23-38-24-34(41)30-14-12-13-15-31(36)18-17-30/h20,22,26,30-31,37-39H,6,9-19,21,23-25,36H2,1-5,7-8H3/b29-20+,32-28+,33-22-,40-35?. The van der Waals surface area contributed by atoms with E-state index in [0.29, 0.717) is 31.5 Å². The fraction of sp³-hybridized carbons (Fsp3) is 0.714. The minimum absolute atomic E-state index is 0.156. The first-order valence-corrected chi connectivity index (χ1v) is 16.3. The van der Waals surface area contributed by atoms with Crippen molar-refractivity contribution in [3.05, 3.63) is 46.7 Å². The molecular formula is C35H63N5O. The topological polar surface area (TPSA) is 91.5 Å². The van der Waals surface area contributed by atoms with Crippen LogP contribution in [0.4, 0.5) is 0 Å². The Kier molecular flexibility index (Phi) is 19.5. The van der Waals surface area contributed by atoms with E-state index in [9.17, 15) is 4.79 Å². The highest BCUT2D eigenvalue weighted by atomic mass is 16.1. The first-order valence-electron chi connectivity index (χ1n) is 16.3. The molecule has 0 spiro atoms. The summed E-state index contributed by atoms with van der Waals surface area (Å²) in [7, 11) is 1.94. The van der Waals surface area contributed by atoms with Gasteiger partial charge in [-0.05, 0) is 89.3 Å². The number of rotatable bonds is 19. The normalized spacial score (nSPS) is 20.0. The summed E-state index contributed by atoms with van der Waals surface area (Å²) in [6.45, 7) is 20.1. The van der Waals surface area contributed by atoms with Crippen LogP contribution in [-0.4, -0.2) is 50.9 Å². The monoisotopic (exact) mass is 570 g/mol. The summed E-state index contributed by atoms with van der Waals surface area (Å²) in [6, 6.07) is 0.255. The minimum Gasteiger partial charge on any atom is -0.380 e. The Balaban J connectivity index is 2.99. The third-order valence-electron chi connectivity index (χ3n) is 8.26. The van der Waals surface area contributed by atoms with E-state index in [-0.39, 0.29) is 12.0 Å². The van der Waals surface area contributed by atoms with Crippen molar-refractivity contribution < 1.29 is 4.79 Å². The van der Waals surface area contributed by atoms with Crippen LogP contribution in [0.15, 0.2) is 51.7 Å². The zero-order valence-electron chi connectivity index (χ0n) is 27.6. The Bertz CT molecular complexity index is 912. The van der Waals surface area contributed by atoms with Crippen molar-refractivity contribution in [3.8, 4) is 0 Å². The molecule has 1 rings (SSSR count). The van der Waals surface area contributed by atoms with Gasteiger partial charge in [0.1, 0.15) is 5.78 Å². The van der Waals surface area contributed by atoms with Crippen molar-refractivity contribution in [2.75, 3.05) is 33.4 Å². The molecule has 41 heavy (non-hydrogen) atoms. The molecule has 0 heterocycles. The van der Waals surface area contributed by atoms with E-state index in [1.165, 1.54) is 16.7 Å². The van der Waals surface area contributed by atoms with E-state index in [2.05, 4.69) is 76.2 Å². The molecule has 234 valence electrons. The highest BCUT2D eigenvalue weighted by molar-refractivity contribution is 6.12. The second-order valence-corrected chi connectivity index (χ2v) is 12.1. The van der Waals surface area contributed by atoms with Crippen molar-refractivity contribution >= 4 is 11.5 Å². The minimum atomic E-state index is 0.156. The number of allylic oxidation sites excluding steroid dienone is 4. The molecule has 6 nitrogen and oxygen atoms in total. The average molecular weight is 570 g/mol. The summed E-state index contributed by atoms with van der Waals surface area (Å²) in [4.78, 5) is 17.9. The van der Waals surface area contributed by atoms with Crippen LogP contribution in [0.3, 0.4) is 0 Å². The number of hydrogen-bond donors (Lipinski definition) is 4. The lowest BCUT2D eigenvalue weighted by Crippen LogP contribution is -2.32. The second kappa shape index (κ2) is 21.6. The molecule has 2 atom stereocenters. The quantitative estimate of drug-likeness (QED) is 0.0764. The van der Waals surface area contributed by atoms with Crippen molar-refractivity contribution in [1.29, 1.82) is 0 Å². The summed E-state index contributed by atoms with van der Waals surface area (Å²) < 4.78 is 0. The lowest BCUT2D eigenvalue weighted by atomic mass is 9.86. The molecule has 0 aromatic rings. The fourth-order valence-electron chi connectivity index (χ4n) is 5.15. The molecule has 2 unspecified atom stereocenters. The van der Waals surface area contributed by atoms with E-state index >= 15 is 0 Å². The largest absolute Gasteiger partial charge is 0.380 e. The number of hydrogen-bond acceptors (Lipinski definition) is 6. The van der Waals surface area contributed by atoms with Gasteiger partial charge in [0.2, 0.25) is 0 Å². The number of carbonyl (C=O) groups is 1. The van der Waals surface area contributed by atoms with E-state index in [1.807, 2.05) is 7.05 Å². The van der Waals surface area contributed by atoms with Crippen LogP contribution < -0.4 is 21.7 Å². The number of nitrogens with two attached hydrogens (primary N) is 1. The predicted molar refractivity (Wildman–Crippen MR) is 179 cm³/mol. The van der Waals surface area contributed by atoms with Crippen LogP contribution in [-0.2, 0) is 4.79 Å². The van der Waals surface area contributed by atoms with Crippen molar-refractivity contribution in [3.63, 3.8) is 0 Å². The van der Waals surface area contributed by atoms with E-state index in [0.717, 1.165) is 94.2 Å². The Labute approximate surface area is 252 Å². The Morgan fingerprint density at radius 3 is 2.41 bits per heavy atom. The second-order valence-electron chi connectivity index (χ2n) is 12.1. The van der Waals surface area contributed by atoms with Crippen LogP contribution in [0.2, 0.25) is 0 Å². The van der Waals surface area contributed by atoms with Crippen LogP contribution in [0, 0.1) is 11.8 Å². The molecule has 0 bridgehead atoms. The van der Waals surface area contributed by atoms with Gasteiger partial charge in [0.15, 0.2) is 0 Å². The van der Waals surface area contributed by atoms with Gasteiger partial charge in [0.25, 0.3) is 0 Å². The number of Topliss-reactive ketones (excluding diaryl/α,β-unsaturated/α-hetero) is 1. The van der Waals surface area contributed by atoms with Gasteiger partial charge in [-0.15, -0.1) is 0 Å². The Morgan fingerprint density at radius 1 is 1.05 bits per heavy atom. The number of nitrogens with zero attached hydrogens (tertiary/aromatic N) is 1. The maximum absolute atomic E-state index is 12.9. The van der Waals surface area contributed by atoms with Gasteiger partial charge in [-0.2, -0.15) is 0 Å². The van der Waals surface area contributed by atoms with Crippen LogP contribution in [0.25, 0.3) is 0 Å². The van der Waals surface area contributed by atoms with E-state index in [4.69, 9.17) is 10.7 Å². The van der Waals surface area contributed by atoms with Gasteiger partial charge < -0.3 is 21.7 Å². The molecule has 0 aliphatic heterocycles. The van der Waals surface area contributed by atoms with Gasteiger partial charge in [-0.3, -0.25) is 9.79 Å². The number of nitrogens with one attached hydrogen (secondary N) is 3. The van der Waals surface area contributed by atoms with E-state index < -0.39 is 0 Å². The summed E-state index contributed by atoms with van der Waals surface area (Å²) in [5.41, 5.74) is 13.4. The molecule has 5 N–H and O–H groups in total. The van der Waals surface area contributed by atoms with Crippen molar-refractivity contribution in [2.24, 2.45) is 22.6 Å². The van der Waals surface area contributed by atoms with Gasteiger partial charge in [-0.25, -0.2) is 0 Å². The van der Waals surface area contributed by atoms with Crippen LogP contribution in [0.1, 0.15) is 112 Å². The van der Waals surface area contributed by atoms with Gasteiger partial charge >= 0.3 is 0 Å². The molecule has 6 heteroatoms. The Hall–Kier alpha value is -2.02. The predicted octanol–water partition coefficient (Wildman–Crippen LogP) is 7.00. The first-order chi connectivity index (χ1) is 19.7. The Morgan fingerprint density at radius 2 is 1.78 bits per heavy atom. The molecule has 0 aromatic heterocycles. The van der Waals surface area contributed by atoms with Gasteiger partial charge in [0.05, 0.1) is 24.6 Å². The summed E-state index contributed by atoms with van der Waals surface area (Å²) in [5.74, 6) is 1.13. The molecule has 1 fully saturated rings. The molecule has 0 saturated heterocycles. The lowest BCUT2D eigenvalue weighted by molar-refractivity contribution is -0.122. The van der Waals surface area contributed by atoms with Crippen molar-refractivity contribution in [1.82, 2.24) is 16.0 Å². The molecule has 1 aliphatic rings. The molecule has 1 aliphatic carbocycles. The molecule has 0 aromatic carbocycles. The highest BCUT2D eigenvalue weighted by Crippen LogP contribution is 2.24. The fourth-order valence-corrected chi connectivity index (χ4v) is 5.15. The number of ketones is 1. The summed E-state index contributed by atoms with van der Waals surface area (Å²) in [6.07, 6.45) is 15.7. The highest BCUT2D eigenvalue weighted by Gasteiger charge is 2.21. The molecule has 0 radical (unpaired) electrons. The van der Waals surface area contributed by atoms with Gasteiger partial charge in [0, 0.05) is 25.0 Å². The molecular weight excluding hydrogens is 506 g/mol. The third-order valence-corrected chi connectivity index (χ3v) is 8.26. The third kappa shape index (κ3) is 15.1. The smallest absolute Gasteiger partial charge is 0.149 e. The zero-order valence-corrected chi connectivity index (χ0v) is 27.6. The summed E-state index contributed by atoms with van der Waals surface area (Å²) in [5, 5.41) is 10.3. The van der Waals surface area contributed by atoms with Crippen LogP contribution >= 0.6 is 0 Å². The lowest BCUT2D eigenvalue weighted by Gasteiger charge is -2.22. The average Bonchev–Trinajstić information content (AvgIpc) is 2.94. The zero-order chi connectivity index (χ0) is 30.6. The van der Waals surface area contributed by atoms with Gasteiger partial charge in [-0.1, -0.05) is 76.8 Å². The summed E-state index contributed by atoms with van der Waals surface area (Å²) >= 11 is 0. The number of carbonyl (C=O) groups excluding carboxylic acids is 1. The van der Waals surface area contributed by atoms with Crippen LogP contribution in [0.5, 0.6) is 0 Å². The maximum atomic E-state index is 12.9. The van der Waals surface area contributed by atoms with Crippen molar-refractivity contribution in [2.45, 2.75) is 118 Å². The van der Waals surface area contributed by atoms with E-state index in [1.54, 1.807) is 0 Å². The number of aliphatic imine (C=N–C) groups is 1. The molecule has 0 amide bonds. The maximum Gasteiger partial charge on any atom is 0.149 e.